The minimum atomic E-state index is -1.30. The number of oxime groups is 1. The van der Waals surface area contributed by atoms with Crippen molar-refractivity contribution in [3.8, 4) is 0 Å². The van der Waals surface area contributed by atoms with Gasteiger partial charge in [0.2, 0.25) is 0 Å². The average molecular weight is 592 g/mol. The molecule has 1 saturated heterocycles. The Hall–Kier alpha value is -4.23. The van der Waals surface area contributed by atoms with Gasteiger partial charge in [0.15, 0.2) is 16.5 Å². The second-order valence-electron chi connectivity index (χ2n) is 7.89. The first-order valence-electron chi connectivity index (χ1n) is 10.8. The zero-order chi connectivity index (χ0) is 27.8. The Labute approximate surface area is 230 Å². The number of aliphatic carboxylic acids is 1. The monoisotopic (exact) mass is 591 g/mol. The minimum absolute atomic E-state index is 0.0798. The number of hydrogen-bond acceptors (Lipinski definition) is 14. The predicted molar refractivity (Wildman–Crippen MR) is 138 cm³/mol. The van der Waals surface area contributed by atoms with Gasteiger partial charge in [0.25, 0.3) is 17.6 Å². The second-order valence-corrected chi connectivity index (χ2v) is 10.9. The summed E-state index contributed by atoms with van der Waals surface area (Å²) in [5.74, 6) is -3.42. The van der Waals surface area contributed by atoms with E-state index in [1.807, 2.05) is 0 Å². The van der Waals surface area contributed by atoms with Crippen LogP contribution in [0.15, 0.2) is 39.2 Å². The van der Waals surface area contributed by atoms with E-state index in [2.05, 4.69) is 30.6 Å². The first-order chi connectivity index (χ1) is 18.7. The molecule has 5 rings (SSSR count). The highest BCUT2D eigenvalue weighted by Crippen LogP contribution is 2.41. The number of aromatic carboxylic acids is 1. The molecule has 202 valence electrons. The summed E-state index contributed by atoms with van der Waals surface area (Å²) in [4.78, 5) is 63.4. The van der Waals surface area contributed by atoms with Gasteiger partial charge >= 0.3 is 11.9 Å². The van der Waals surface area contributed by atoms with Gasteiger partial charge in [-0.15, -0.1) is 45.1 Å². The maximum absolute atomic E-state index is 13.0. The molecule has 39 heavy (non-hydrogen) atoms. The van der Waals surface area contributed by atoms with Crippen molar-refractivity contribution in [2.24, 2.45) is 5.16 Å². The van der Waals surface area contributed by atoms with E-state index in [9.17, 15) is 29.4 Å². The molecular formula is C20H17N9O7S3. The fraction of sp³-hybridized carbons (Fsp3) is 0.250. The SMILES string of the molecule is CO/N=C(\C(=O)N[C@@H]1C(=O)N2C(C(=O)O)=C(CSc3cc(C(=O)O)nc4nncn34)CS[C@H]12)c1csc(N)n1. The van der Waals surface area contributed by atoms with Crippen molar-refractivity contribution in [3.63, 3.8) is 0 Å². The Balaban J connectivity index is 1.34. The summed E-state index contributed by atoms with van der Waals surface area (Å²) in [5.41, 5.74) is 5.65. The fourth-order valence-electron chi connectivity index (χ4n) is 3.87. The maximum Gasteiger partial charge on any atom is 0.354 e. The summed E-state index contributed by atoms with van der Waals surface area (Å²) >= 11 is 3.54. The Morgan fingerprint density at radius 2 is 2.08 bits per heavy atom. The van der Waals surface area contributed by atoms with Crippen LogP contribution in [0.5, 0.6) is 0 Å². The molecule has 5 N–H and O–H groups in total. The zero-order valence-electron chi connectivity index (χ0n) is 19.7. The van der Waals surface area contributed by atoms with E-state index in [-0.39, 0.29) is 45.2 Å². The predicted octanol–water partition coefficient (Wildman–Crippen LogP) is -0.257. The zero-order valence-corrected chi connectivity index (χ0v) is 22.1. The normalized spacial score (nSPS) is 19.1. The van der Waals surface area contributed by atoms with Crippen LogP contribution < -0.4 is 11.1 Å². The van der Waals surface area contributed by atoms with E-state index in [4.69, 9.17) is 10.6 Å². The Kier molecular flexibility index (Phi) is 7.10. The molecule has 5 heterocycles. The van der Waals surface area contributed by atoms with E-state index >= 15 is 0 Å². The number of aromatic nitrogens is 5. The summed E-state index contributed by atoms with van der Waals surface area (Å²) in [5, 5.41) is 34.6. The molecule has 0 radical (unpaired) electrons. The highest BCUT2D eigenvalue weighted by molar-refractivity contribution is 8.01. The molecule has 0 saturated carbocycles. The summed E-state index contributed by atoms with van der Waals surface area (Å²) in [6.45, 7) is 0. The van der Waals surface area contributed by atoms with Gasteiger partial charge in [-0.05, 0) is 5.57 Å². The summed E-state index contributed by atoms with van der Waals surface area (Å²) in [6, 6.07) is 0.331. The number of nitrogens with two attached hydrogens (primary N) is 1. The van der Waals surface area contributed by atoms with Crippen LogP contribution in [0.4, 0.5) is 5.13 Å². The summed E-state index contributed by atoms with van der Waals surface area (Å²) in [7, 11) is 1.25. The Morgan fingerprint density at radius 3 is 2.74 bits per heavy atom. The van der Waals surface area contributed by atoms with Gasteiger partial charge in [-0.1, -0.05) is 5.16 Å². The van der Waals surface area contributed by atoms with Crippen molar-refractivity contribution in [1.82, 2.24) is 34.8 Å². The molecule has 0 bridgehead atoms. The van der Waals surface area contributed by atoms with Crippen LogP contribution in [0.3, 0.4) is 0 Å². The van der Waals surface area contributed by atoms with Gasteiger partial charge in [0.1, 0.15) is 36.2 Å². The highest BCUT2D eigenvalue weighted by Gasteiger charge is 2.54. The number of nitrogens with zero attached hydrogens (tertiary/aromatic N) is 7. The van der Waals surface area contributed by atoms with Gasteiger partial charge in [0, 0.05) is 23.0 Å². The van der Waals surface area contributed by atoms with Crippen LogP contribution in [0.2, 0.25) is 0 Å². The molecule has 2 aliphatic heterocycles. The first-order valence-corrected chi connectivity index (χ1v) is 13.7. The molecule has 0 unspecified atom stereocenters. The molecule has 2 atom stereocenters. The van der Waals surface area contributed by atoms with Gasteiger partial charge in [-0.25, -0.2) is 19.6 Å². The van der Waals surface area contributed by atoms with E-state index in [0.717, 1.165) is 28.0 Å². The second kappa shape index (κ2) is 10.5. The molecule has 3 aromatic rings. The largest absolute Gasteiger partial charge is 0.477 e. The lowest BCUT2D eigenvalue weighted by Gasteiger charge is -2.49. The number of carboxylic acid groups (broad SMARTS) is 2. The molecule has 0 spiro atoms. The number of rotatable bonds is 9. The number of nitrogens with one attached hydrogen (secondary N) is 1. The molecule has 16 nitrogen and oxygen atoms in total. The fourth-order valence-corrected chi connectivity index (χ4v) is 6.91. The third-order valence-electron chi connectivity index (χ3n) is 5.56. The van der Waals surface area contributed by atoms with Gasteiger partial charge in [0.05, 0.1) is 5.03 Å². The standard InChI is InChI=1S/C20H17N9O7S3/c1-36-27-11(9-5-39-19(21)23-9)14(30)25-12-15(31)29-13(18(34)35)7(4-38-16(12)29)3-37-10-2-8(17(32)33)24-20-26-22-6-28(10)20/h2,5-6,12,16H,3-4H2,1H3,(H2,21,23)(H,25,30)(H,32,33)(H,34,35)/b27-11-/t12-,16-/m1/s1. The minimum Gasteiger partial charge on any atom is -0.477 e. The van der Waals surface area contributed by atoms with Crippen LogP contribution in [-0.2, 0) is 19.2 Å². The molecule has 0 aromatic carbocycles. The molecule has 2 aliphatic rings. The number of carbonyl (C=O) groups is 4. The topological polar surface area (TPSA) is 228 Å². The number of thioether (sulfide) groups is 2. The Morgan fingerprint density at radius 1 is 1.28 bits per heavy atom. The van der Waals surface area contributed by atoms with Crippen LogP contribution >= 0.6 is 34.9 Å². The van der Waals surface area contributed by atoms with Crippen LogP contribution in [0, 0.1) is 0 Å². The van der Waals surface area contributed by atoms with Crippen molar-refractivity contribution < 1.29 is 34.2 Å². The molecule has 0 aliphatic carbocycles. The number of carboxylic acids is 2. The molecule has 3 aromatic heterocycles. The van der Waals surface area contributed by atoms with E-state index in [1.165, 1.54) is 41.0 Å². The maximum atomic E-state index is 13.0. The number of β-lactam (4-membered cyclic amide) rings is 1. The van der Waals surface area contributed by atoms with Crippen LogP contribution in [0.25, 0.3) is 5.78 Å². The number of nitrogen functional groups attached to an aromatic ring is 1. The third kappa shape index (κ3) is 4.86. The lowest BCUT2D eigenvalue weighted by molar-refractivity contribution is -0.150. The van der Waals surface area contributed by atoms with E-state index in [1.54, 1.807) is 0 Å². The van der Waals surface area contributed by atoms with E-state index < -0.39 is 35.2 Å². The van der Waals surface area contributed by atoms with Crippen molar-refractivity contribution in [2.75, 3.05) is 24.3 Å². The van der Waals surface area contributed by atoms with Crippen molar-refractivity contribution >= 4 is 75.2 Å². The summed E-state index contributed by atoms with van der Waals surface area (Å²) < 4.78 is 1.48. The van der Waals surface area contributed by atoms with Crippen LogP contribution in [0.1, 0.15) is 16.2 Å². The van der Waals surface area contributed by atoms with Crippen molar-refractivity contribution in [1.29, 1.82) is 0 Å². The van der Waals surface area contributed by atoms with Gasteiger partial charge < -0.3 is 26.1 Å². The molecule has 2 amide bonds. The number of thiazole rings is 1. The molecule has 19 heteroatoms. The average Bonchev–Trinajstić information content (AvgIpc) is 3.56. The lowest BCUT2D eigenvalue weighted by Crippen LogP contribution is -2.71. The number of amides is 2. The number of fused-ring (bicyclic) bond motifs is 2. The Bertz CT molecular complexity index is 1580. The molecule has 1 fully saturated rings. The lowest BCUT2D eigenvalue weighted by atomic mass is 10.0. The van der Waals surface area contributed by atoms with Crippen molar-refractivity contribution in [3.05, 3.63) is 40.4 Å². The van der Waals surface area contributed by atoms with Gasteiger partial charge in [-0.3, -0.25) is 18.9 Å². The number of hydrogen-bond donors (Lipinski definition) is 4. The number of anilines is 1. The third-order valence-corrected chi connectivity index (χ3v) is 8.68. The van der Waals surface area contributed by atoms with E-state index in [0.29, 0.717) is 10.6 Å². The highest BCUT2D eigenvalue weighted by atomic mass is 32.2. The van der Waals surface area contributed by atoms with Gasteiger partial charge in [-0.2, -0.15) is 0 Å². The van der Waals surface area contributed by atoms with Crippen LogP contribution in [-0.4, -0.2) is 99.2 Å². The quantitative estimate of drug-likeness (QED) is 0.0827. The first kappa shape index (κ1) is 26.4. The smallest absolute Gasteiger partial charge is 0.354 e. The summed E-state index contributed by atoms with van der Waals surface area (Å²) in [6.07, 6.45) is 1.36. The van der Waals surface area contributed by atoms with Crippen molar-refractivity contribution in [2.45, 2.75) is 16.4 Å². The number of carbonyl (C=O) groups excluding carboxylic acids is 2. The molecular weight excluding hydrogens is 574 g/mol.